The highest BCUT2D eigenvalue weighted by Gasteiger charge is 2.51. The molecule has 0 heterocycles. The minimum absolute atomic E-state index is 0.320. The highest BCUT2D eigenvalue weighted by atomic mass is 16.5. The molecule has 0 radical (unpaired) electrons. The van der Waals surface area contributed by atoms with E-state index in [-0.39, 0.29) is 0 Å². The van der Waals surface area contributed by atoms with Crippen LogP contribution < -0.4 is 4.74 Å². The molecule has 3 saturated carbocycles. The highest BCUT2D eigenvalue weighted by Crippen LogP contribution is 2.55. The zero-order chi connectivity index (χ0) is 15.1. The van der Waals surface area contributed by atoms with Crippen LogP contribution in [0.15, 0.2) is 29.8 Å². The number of carbonyl (C=O) groups is 1. The van der Waals surface area contributed by atoms with E-state index in [0.717, 1.165) is 29.2 Å². The van der Waals surface area contributed by atoms with E-state index in [1.807, 2.05) is 18.2 Å². The van der Waals surface area contributed by atoms with Gasteiger partial charge in [-0.05, 0) is 59.9 Å². The molecule has 0 saturated heterocycles. The summed E-state index contributed by atoms with van der Waals surface area (Å²) >= 11 is 0. The minimum Gasteiger partial charge on any atom is -0.497 e. The van der Waals surface area contributed by atoms with Crippen molar-refractivity contribution in [2.24, 2.45) is 23.7 Å². The number of ether oxygens (including phenoxy) is 1. The number of carbonyl (C=O) groups excluding carboxylic acids is 1. The molecule has 2 nitrogen and oxygen atoms in total. The molecule has 0 amide bonds. The predicted molar refractivity (Wildman–Crippen MR) is 87.6 cm³/mol. The lowest BCUT2D eigenvalue weighted by Crippen LogP contribution is -2.33. The smallest absolute Gasteiger partial charge is 0.162 e. The molecule has 0 bridgehead atoms. The molecule has 22 heavy (non-hydrogen) atoms. The first-order valence-electron chi connectivity index (χ1n) is 8.68. The summed E-state index contributed by atoms with van der Waals surface area (Å²) in [6.45, 7) is 0. The van der Waals surface area contributed by atoms with E-state index >= 15 is 0 Å². The van der Waals surface area contributed by atoms with Crippen LogP contribution in [-0.2, 0) is 4.79 Å². The quantitative estimate of drug-likeness (QED) is 0.751. The lowest BCUT2D eigenvalue weighted by molar-refractivity contribution is -0.119. The number of benzene rings is 1. The molecular weight excluding hydrogens is 272 g/mol. The molecule has 3 fully saturated rings. The fourth-order valence-corrected chi connectivity index (χ4v) is 5.21. The number of rotatable bonds is 2. The topological polar surface area (TPSA) is 26.3 Å². The molecule has 3 aliphatic rings. The van der Waals surface area contributed by atoms with Gasteiger partial charge in [0.25, 0.3) is 0 Å². The van der Waals surface area contributed by atoms with Crippen LogP contribution in [-0.4, -0.2) is 12.9 Å². The second-order valence-electron chi connectivity index (χ2n) is 7.15. The van der Waals surface area contributed by atoms with Crippen LogP contribution in [0, 0.1) is 23.7 Å². The number of hydrogen-bond donors (Lipinski definition) is 0. The van der Waals surface area contributed by atoms with Crippen molar-refractivity contribution in [3.05, 3.63) is 35.4 Å². The van der Waals surface area contributed by atoms with Gasteiger partial charge in [0, 0.05) is 5.92 Å². The van der Waals surface area contributed by atoms with Gasteiger partial charge in [-0.25, -0.2) is 0 Å². The first-order chi connectivity index (χ1) is 10.8. The average Bonchev–Trinajstić information content (AvgIpc) is 2.83. The standard InChI is InChI=1S/C20H24O2/c1-22-15-8-2-5-13(11-15)12-18-16-9-3-6-14-7-4-10-17(19(14)16)20(18)21/h2,5,8,11-12,14,16-17,19H,3-4,6-7,9-10H2,1H3. The van der Waals surface area contributed by atoms with Gasteiger partial charge < -0.3 is 4.74 Å². The van der Waals surface area contributed by atoms with E-state index in [2.05, 4.69) is 12.1 Å². The second-order valence-corrected chi connectivity index (χ2v) is 7.15. The van der Waals surface area contributed by atoms with Crippen LogP contribution in [0.1, 0.15) is 44.1 Å². The Morgan fingerprint density at radius 1 is 1.09 bits per heavy atom. The van der Waals surface area contributed by atoms with Crippen LogP contribution in [0.3, 0.4) is 0 Å². The third-order valence-electron chi connectivity index (χ3n) is 6.09. The van der Waals surface area contributed by atoms with Crippen LogP contribution in [0.25, 0.3) is 6.08 Å². The largest absolute Gasteiger partial charge is 0.497 e. The number of hydrogen-bond acceptors (Lipinski definition) is 2. The van der Waals surface area contributed by atoms with Crippen LogP contribution in [0.2, 0.25) is 0 Å². The summed E-state index contributed by atoms with van der Waals surface area (Å²) in [6, 6.07) is 8.06. The van der Waals surface area contributed by atoms with Gasteiger partial charge in [-0.3, -0.25) is 4.79 Å². The summed E-state index contributed by atoms with van der Waals surface area (Å²) in [5.74, 6) is 3.59. The molecule has 0 aromatic heterocycles. The van der Waals surface area contributed by atoms with Crippen LogP contribution in [0.5, 0.6) is 5.75 Å². The van der Waals surface area contributed by atoms with Crippen LogP contribution in [0.4, 0.5) is 0 Å². The SMILES string of the molecule is COc1cccc(C=C2C(=O)C3CCCC4CCCC2C43)c1. The normalized spacial score (nSPS) is 35.5. The fourth-order valence-electron chi connectivity index (χ4n) is 5.21. The number of methoxy groups -OCH3 is 1. The molecule has 4 unspecified atom stereocenters. The maximum Gasteiger partial charge on any atom is 0.162 e. The number of allylic oxidation sites excluding steroid dienone is 1. The Balaban J connectivity index is 1.71. The van der Waals surface area contributed by atoms with Gasteiger partial charge in [0.1, 0.15) is 5.75 Å². The molecule has 4 atom stereocenters. The van der Waals surface area contributed by atoms with Crippen molar-refractivity contribution in [1.29, 1.82) is 0 Å². The predicted octanol–water partition coefficient (Wildman–Crippen LogP) is 4.49. The zero-order valence-corrected chi connectivity index (χ0v) is 13.3. The number of ketones is 1. The summed E-state index contributed by atoms with van der Waals surface area (Å²) in [4.78, 5) is 12.9. The van der Waals surface area contributed by atoms with Crippen molar-refractivity contribution in [2.45, 2.75) is 38.5 Å². The van der Waals surface area contributed by atoms with Crippen molar-refractivity contribution in [1.82, 2.24) is 0 Å². The molecule has 4 rings (SSSR count). The lowest BCUT2D eigenvalue weighted by Gasteiger charge is -2.39. The van der Waals surface area contributed by atoms with Gasteiger partial charge in [0.2, 0.25) is 0 Å². The third-order valence-corrected chi connectivity index (χ3v) is 6.09. The Morgan fingerprint density at radius 2 is 1.86 bits per heavy atom. The average molecular weight is 296 g/mol. The Kier molecular flexibility index (Phi) is 3.56. The zero-order valence-electron chi connectivity index (χ0n) is 13.3. The molecule has 1 aromatic rings. The van der Waals surface area contributed by atoms with E-state index < -0.39 is 0 Å². The highest BCUT2D eigenvalue weighted by molar-refractivity contribution is 6.04. The molecular formula is C20H24O2. The van der Waals surface area contributed by atoms with E-state index in [9.17, 15) is 4.79 Å². The Bertz CT molecular complexity index is 614. The summed E-state index contributed by atoms with van der Waals surface area (Å²) < 4.78 is 5.31. The fraction of sp³-hybridized carbons (Fsp3) is 0.550. The molecule has 116 valence electrons. The van der Waals surface area contributed by atoms with E-state index in [1.54, 1.807) is 7.11 Å². The first-order valence-corrected chi connectivity index (χ1v) is 8.68. The molecule has 0 N–H and O–H groups in total. The molecule has 3 aliphatic carbocycles. The summed E-state index contributed by atoms with van der Waals surface area (Å²) in [5, 5.41) is 0. The first kappa shape index (κ1) is 14.0. The summed E-state index contributed by atoms with van der Waals surface area (Å²) in [6.07, 6.45) is 9.70. The molecule has 2 heteroatoms. The molecule has 0 aliphatic heterocycles. The van der Waals surface area contributed by atoms with E-state index in [1.165, 1.54) is 32.1 Å². The summed E-state index contributed by atoms with van der Waals surface area (Å²) in [5.41, 5.74) is 2.21. The monoisotopic (exact) mass is 296 g/mol. The third kappa shape index (κ3) is 2.20. The summed E-state index contributed by atoms with van der Waals surface area (Å²) in [7, 11) is 1.69. The van der Waals surface area contributed by atoms with Crippen molar-refractivity contribution >= 4 is 11.9 Å². The van der Waals surface area contributed by atoms with E-state index in [4.69, 9.17) is 4.74 Å². The van der Waals surface area contributed by atoms with Crippen molar-refractivity contribution in [3.63, 3.8) is 0 Å². The maximum absolute atomic E-state index is 12.9. The minimum atomic E-state index is 0.320. The number of Topliss-reactive ketones (excluding diaryl/α,β-unsaturated/α-hetero) is 1. The molecule has 0 spiro atoms. The maximum atomic E-state index is 12.9. The van der Waals surface area contributed by atoms with Crippen LogP contribution >= 0.6 is 0 Å². The van der Waals surface area contributed by atoms with Crippen molar-refractivity contribution < 1.29 is 9.53 Å². The van der Waals surface area contributed by atoms with Gasteiger partial charge in [0.05, 0.1) is 7.11 Å². The van der Waals surface area contributed by atoms with Gasteiger partial charge in [-0.15, -0.1) is 0 Å². The lowest BCUT2D eigenvalue weighted by atomic mass is 9.64. The second kappa shape index (κ2) is 5.57. The van der Waals surface area contributed by atoms with Gasteiger partial charge >= 0.3 is 0 Å². The Labute approximate surface area is 132 Å². The van der Waals surface area contributed by atoms with Crippen molar-refractivity contribution in [2.75, 3.05) is 7.11 Å². The van der Waals surface area contributed by atoms with E-state index in [0.29, 0.717) is 23.5 Å². The van der Waals surface area contributed by atoms with Crippen molar-refractivity contribution in [3.8, 4) is 5.75 Å². The van der Waals surface area contributed by atoms with Gasteiger partial charge in [-0.2, -0.15) is 0 Å². The van der Waals surface area contributed by atoms with Gasteiger partial charge in [0.15, 0.2) is 5.78 Å². The Hall–Kier alpha value is -1.57. The Morgan fingerprint density at radius 3 is 2.64 bits per heavy atom. The molecule has 1 aromatic carbocycles. The van der Waals surface area contributed by atoms with Gasteiger partial charge in [-0.1, -0.05) is 37.8 Å².